The largest absolute Gasteiger partial charge is 0.463 e. The molecular weight excluding hydrogens is 302 g/mol. The van der Waals surface area contributed by atoms with Gasteiger partial charge in [0.25, 0.3) is 0 Å². The summed E-state index contributed by atoms with van der Waals surface area (Å²) in [4.78, 5) is 14.1. The fraction of sp³-hybridized carbons (Fsp3) is 0.750. The molecule has 0 amide bonds. The average Bonchev–Trinajstić information content (AvgIpc) is 2.84. The summed E-state index contributed by atoms with van der Waals surface area (Å²) >= 11 is 0. The smallest absolute Gasteiger partial charge is 0.374 e. The Balaban J connectivity index is 1.42. The summed E-state index contributed by atoms with van der Waals surface area (Å²) in [6.07, 6.45) is 8.74. The van der Waals surface area contributed by atoms with Crippen molar-refractivity contribution in [3.8, 4) is 0 Å². The van der Waals surface area contributed by atoms with Crippen LogP contribution in [0.3, 0.4) is 0 Å². The van der Waals surface area contributed by atoms with Crippen molar-refractivity contribution in [2.24, 2.45) is 23.2 Å². The summed E-state index contributed by atoms with van der Waals surface area (Å²) < 4.78 is 10.5. The summed E-state index contributed by atoms with van der Waals surface area (Å²) in [5.41, 5.74) is 1.40. The van der Waals surface area contributed by atoms with E-state index in [9.17, 15) is 4.79 Å². The van der Waals surface area contributed by atoms with Crippen molar-refractivity contribution in [3.05, 3.63) is 23.2 Å². The van der Waals surface area contributed by atoms with E-state index in [-0.39, 0.29) is 5.97 Å². The van der Waals surface area contributed by atoms with E-state index in [1.807, 2.05) is 13.0 Å². The van der Waals surface area contributed by atoms with Gasteiger partial charge in [0.1, 0.15) is 5.76 Å². The van der Waals surface area contributed by atoms with Gasteiger partial charge in [-0.3, -0.25) is 4.90 Å². The molecule has 4 aliphatic carbocycles. The SMILES string of the molecule is COC(=O)c1oc(CN(C)CC23CC4CC(CC(C4)C2)C3)cc1C. The van der Waals surface area contributed by atoms with Crippen LogP contribution in [0.5, 0.6) is 0 Å². The lowest BCUT2D eigenvalue weighted by molar-refractivity contribution is -0.0675. The number of hydrogen-bond acceptors (Lipinski definition) is 4. The van der Waals surface area contributed by atoms with Crippen molar-refractivity contribution < 1.29 is 13.9 Å². The number of methoxy groups -OCH3 is 1. The molecule has 0 N–H and O–H groups in total. The van der Waals surface area contributed by atoms with Crippen molar-refractivity contribution in [3.63, 3.8) is 0 Å². The van der Waals surface area contributed by atoms with Crippen LogP contribution in [0.1, 0.15) is 60.4 Å². The summed E-state index contributed by atoms with van der Waals surface area (Å²) in [5.74, 6) is 3.78. The molecule has 4 aliphatic rings. The second-order valence-electron chi connectivity index (χ2n) is 8.81. The van der Waals surface area contributed by atoms with E-state index >= 15 is 0 Å². The Hall–Kier alpha value is -1.29. The molecule has 5 rings (SSSR count). The zero-order chi connectivity index (χ0) is 16.9. The van der Waals surface area contributed by atoms with Crippen LogP contribution in [0, 0.1) is 30.1 Å². The number of aryl methyl sites for hydroxylation is 1. The molecule has 4 heteroatoms. The maximum absolute atomic E-state index is 11.7. The molecule has 0 saturated heterocycles. The molecule has 4 fully saturated rings. The monoisotopic (exact) mass is 331 g/mol. The molecule has 4 bridgehead atoms. The van der Waals surface area contributed by atoms with Gasteiger partial charge < -0.3 is 9.15 Å². The molecule has 0 spiro atoms. The van der Waals surface area contributed by atoms with Gasteiger partial charge in [-0.15, -0.1) is 0 Å². The Labute approximate surface area is 144 Å². The van der Waals surface area contributed by atoms with Crippen LogP contribution in [-0.4, -0.2) is 31.6 Å². The number of nitrogens with zero attached hydrogens (tertiary/aromatic N) is 1. The summed E-state index contributed by atoms with van der Waals surface area (Å²) in [7, 11) is 3.58. The van der Waals surface area contributed by atoms with Crippen molar-refractivity contribution in [2.45, 2.75) is 52.0 Å². The minimum atomic E-state index is -0.387. The lowest BCUT2D eigenvalue weighted by atomic mass is 9.49. The molecule has 0 atom stereocenters. The molecule has 1 heterocycles. The number of carbonyl (C=O) groups is 1. The number of carbonyl (C=O) groups excluding carboxylic acids is 1. The topological polar surface area (TPSA) is 42.7 Å². The zero-order valence-corrected chi connectivity index (χ0v) is 15.1. The van der Waals surface area contributed by atoms with E-state index in [2.05, 4.69) is 11.9 Å². The van der Waals surface area contributed by atoms with E-state index in [1.54, 1.807) is 0 Å². The first-order valence-corrected chi connectivity index (χ1v) is 9.32. The predicted molar refractivity (Wildman–Crippen MR) is 91.7 cm³/mol. The first-order chi connectivity index (χ1) is 11.5. The van der Waals surface area contributed by atoms with Crippen LogP contribution in [0.25, 0.3) is 0 Å². The van der Waals surface area contributed by atoms with E-state index in [0.717, 1.165) is 42.2 Å². The molecule has 24 heavy (non-hydrogen) atoms. The second-order valence-corrected chi connectivity index (χ2v) is 8.81. The third-order valence-electron chi connectivity index (χ3n) is 6.54. The Bertz CT molecular complexity index is 598. The predicted octanol–water partition coefficient (Wildman–Crippen LogP) is 4.02. The Morgan fingerprint density at radius 2 is 1.83 bits per heavy atom. The van der Waals surface area contributed by atoms with Gasteiger partial charge in [0.15, 0.2) is 0 Å². The summed E-state index contributed by atoms with van der Waals surface area (Å²) in [6, 6.07) is 1.97. The highest BCUT2D eigenvalue weighted by atomic mass is 16.5. The van der Waals surface area contributed by atoms with E-state index in [4.69, 9.17) is 9.15 Å². The molecule has 4 saturated carbocycles. The normalized spacial score (nSPS) is 34.1. The summed E-state index contributed by atoms with van der Waals surface area (Å²) in [5, 5.41) is 0. The molecule has 1 aromatic rings. The van der Waals surface area contributed by atoms with Crippen molar-refractivity contribution in [1.82, 2.24) is 4.90 Å². The first-order valence-electron chi connectivity index (χ1n) is 9.32. The molecule has 0 aromatic carbocycles. The van der Waals surface area contributed by atoms with Gasteiger partial charge in [0.05, 0.1) is 13.7 Å². The molecule has 132 valence electrons. The van der Waals surface area contributed by atoms with Crippen molar-refractivity contribution >= 4 is 5.97 Å². The molecular formula is C20H29NO3. The van der Waals surface area contributed by atoms with Crippen LogP contribution >= 0.6 is 0 Å². The van der Waals surface area contributed by atoms with Crippen LogP contribution in [0.4, 0.5) is 0 Å². The third kappa shape index (κ3) is 2.90. The Kier molecular flexibility index (Phi) is 3.98. The highest BCUT2D eigenvalue weighted by Gasteiger charge is 2.50. The van der Waals surface area contributed by atoms with Crippen LogP contribution in [0.15, 0.2) is 10.5 Å². The van der Waals surface area contributed by atoms with Gasteiger partial charge in [-0.25, -0.2) is 4.79 Å². The Morgan fingerprint density at radius 3 is 2.38 bits per heavy atom. The average molecular weight is 331 g/mol. The zero-order valence-electron chi connectivity index (χ0n) is 15.1. The number of ether oxygens (including phenoxy) is 1. The van der Waals surface area contributed by atoms with Crippen molar-refractivity contribution in [2.75, 3.05) is 20.7 Å². The fourth-order valence-corrected chi connectivity index (χ4v) is 6.30. The second kappa shape index (κ2) is 5.91. The fourth-order valence-electron chi connectivity index (χ4n) is 6.30. The number of hydrogen-bond donors (Lipinski definition) is 0. The lowest BCUT2D eigenvalue weighted by Crippen LogP contribution is -2.50. The van der Waals surface area contributed by atoms with Crippen LogP contribution in [0.2, 0.25) is 0 Å². The van der Waals surface area contributed by atoms with Crippen molar-refractivity contribution in [1.29, 1.82) is 0 Å². The number of rotatable bonds is 5. The Morgan fingerprint density at radius 1 is 1.25 bits per heavy atom. The van der Waals surface area contributed by atoms with Gasteiger partial charge in [-0.05, 0) is 81.7 Å². The number of furan rings is 1. The van der Waals surface area contributed by atoms with Gasteiger partial charge in [0.2, 0.25) is 5.76 Å². The van der Waals surface area contributed by atoms with Gasteiger partial charge in [0, 0.05) is 12.1 Å². The van der Waals surface area contributed by atoms with Gasteiger partial charge >= 0.3 is 5.97 Å². The van der Waals surface area contributed by atoms with E-state index in [1.165, 1.54) is 45.6 Å². The highest BCUT2D eigenvalue weighted by Crippen LogP contribution is 2.60. The third-order valence-corrected chi connectivity index (χ3v) is 6.54. The van der Waals surface area contributed by atoms with Gasteiger partial charge in [-0.2, -0.15) is 0 Å². The minimum absolute atomic E-state index is 0.343. The number of esters is 1. The standard InChI is InChI=1S/C20H29NO3/c1-13-4-17(24-18(13)19(22)23-3)11-21(2)12-20-8-14-5-15(9-20)7-16(6-14)10-20/h4,14-16H,5-12H2,1-3H3. The first kappa shape index (κ1) is 16.2. The maximum atomic E-state index is 11.7. The molecule has 4 nitrogen and oxygen atoms in total. The minimum Gasteiger partial charge on any atom is -0.463 e. The van der Waals surface area contributed by atoms with E-state index < -0.39 is 0 Å². The van der Waals surface area contributed by atoms with Crippen LogP contribution < -0.4 is 0 Å². The maximum Gasteiger partial charge on any atom is 0.374 e. The molecule has 0 aliphatic heterocycles. The van der Waals surface area contributed by atoms with Crippen LogP contribution in [-0.2, 0) is 11.3 Å². The van der Waals surface area contributed by atoms with E-state index in [0.29, 0.717) is 11.2 Å². The molecule has 0 unspecified atom stereocenters. The molecule has 0 radical (unpaired) electrons. The highest BCUT2D eigenvalue weighted by molar-refractivity contribution is 5.87. The lowest BCUT2D eigenvalue weighted by Gasteiger charge is -2.57. The summed E-state index contributed by atoms with van der Waals surface area (Å²) in [6.45, 7) is 3.82. The molecule has 1 aromatic heterocycles. The van der Waals surface area contributed by atoms with Gasteiger partial charge in [-0.1, -0.05) is 0 Å². The quantitative estimate of drug-likeness (QED) is 0.764.